The highest BCUT2D eigenvalue weighted by Gasteiger charge is 2.65. The minimum atomic E-state index is -4.50. The van der Waals surface area contributed by atoms with E-state index in [0.29, 0.717) is 0 Å². The molecule has 0 aliphatic carbocycles. The normalized spacial score (nSPS) is 13.0. The van der Waals surface area contributed by atoms with Gasteiger partial charge in [0, 0.05) is 19.4 Å². The van der Waals surface area contributed by atoms with Crippen LogP contribution in [0.2, 0.25) is 0 Å². The predicted octanol–water partition coefficient (Wildman–Crippen LogP) is 6.63. The Hall–Kier alpha value is -6.96. The number of hydrogen-bond acceptors (Lipinski definition) is 6. The summed E-state index contributed by atoms with van der Waals surface area (Å²) >= 11 is 0. The van der Waals surface area contributed by atoms with Crippen molar-refractivity contribution >= 4 is 94.7 Å². The van der Waals surface area contributed by atoms with Gasteiger partial charge in [-0.25, -0.2) is 0 Å². The minimum Gasteiger partial charge on any atom is -0.419 e. The Kier molecular flexibility index (Phi) is 15.2. The molecule has 6 nitrogen and oxygen atoms in total. The Bertz CT molecular complexity index is 3030. The summed E-state index contributed by atoms with van der Waals surface area (Å²) in [5, 5.41) is 9.25. The summed E-state index contributed by atoms with van der Waals surface area (Å²) in [6, 6.07) is 104. The van der Waals surface area contributed by atoms with E-state index in [0.717, 1.165) is 51.9 Å². The van der Waals surface area contributed by atoms with Crippen molar-refractivity contribution in [1.29, 1.82) is 0 Å². The molecule has 0 spiro atoms. The molecule has 10 rings (SSSR count). The van der Waals surface area contributed by atoms with Crippen LogP contribution in [0.4, 0.5) is 0 Å². The monoisotopic (exact) mass is 1040 g/mol. The topological polar surface area (TPSA) is 55.4 Å². The van der Waals surface area contributed by atoms with E-state index in [1.54, 1.807) is 14.2 Å². The smallest absolute Gasteiger partial charge is 0.419 e. The molecule has 360 valence electrons. The van der Waals surface area contributed by atoms with Gasteiger partial charge in [0.15, 0.2) is 0 Å². The molecular formula is C62H56O6Si5. The predicted molar refractivity (Wildman–Crippen MR) is 308 cm³/mol. The van der Waals surface area contributed by atoms with Gasteiger partial charge in [-0.1, -0.05) is 303 Å². The van der Waals surface area contributed by atoms with Crippen molar-refractivity contribution in [1.82, 2.24) is 0 Å². The van der Waals surface area contributed by atoms with Gasteiger partial charge in [-0.05, 0) is 46.7 Å². The van der Waals surface area contributed by atoms with Crippen molar-refractivity contribution in [3.05, 3.63) is 303 Å². The van der Waals surface area contributed by atoms with E-state index < -0.39 is 42.8 Å². The Morgan fingerprint density at radius 3 is 0.630 bits per heavy atom. The second-order valence-corrected chi connectivity index (χ2v) is 33.6. The summed E-state index contributed by atoms with van der Waals surface area (Å²) in [5.41, 5.74) is 0. The third kappa shape index (κ3) is 9.73. The Balaban J connectivity index is 1.32. The molecule has 0 aromatic heterocycles. The molecule has 0 aliphatic rings. The van der Waals surface area contributed by atoms with Crippen LogP contribution in [0.5, 0.6) is 0 Å². The molecule has 0 aliphatic heterocycles. The third-order valence-corrected chi connectivity index (χ3v) is 34.6. The summed E-state index contributed by atoms with van der Waals surface area (Å²) in [5.74, 6) is 0. The lowest BCUT2D eigenvalue weighted by atomic mass is 10.3. The summed E-state index contributed by atoms with van der Waals surface area (Å²) in [4.78, 5) is 0. The molecule has 0 heterocycles. The molecular weight excluding hydrogens is 981 g/mol. The van der Waals surface area contributed by atoms with Gasteiger partial charge < -0.3 is 25.3 Å². The lowest BCUT2D eigenvalue weighted by molar-refractivity contribution is 0.187. The van der Waals surface area contributed by atoms with Crippen molar-refractivity contribution < 1.29 is 25.3 Å². The zero-order valence-electron chi connectivity index (χ0n) is 40.8. The fraction of sp³-hybridized carbons (Fsp3) is 0.0323. The van der Waals surface area contributed by atoms with Gasteiger partial charge in [0.2, 0.25) is 0 Å². The minimum absolute atomic E-state index is 0.743. The van der Waals surface area contributed by atoms with Crippen molar-refractivity contribution in [2.24, 2.45) is 0 Å². The maximum absolute atomic E-state index is 8.71. The van der Waals surface area contributed by atoms with Crippen LogP contribution >= 0.6 is 0 Å². The number of benzene rings is 10. The molecule has 0 radical (unpaired) electrons. The highest BCUT2D eigenvalue weighted by molar-refractivity contribution is 7.15. The molecule has 0 amide bonds. The Morgan fingerprint density at radius 2 is 0.397 bits per heavy atom. The van der Waals surface area contributed by atoms with Crippen LogP contribution in [0.15, 0.2) is 303 Å². The molecule has 1 atom stereocenters. The van der Waals surface area contributed by atoms with Crippen LogP contribution in [0.1, 0.15) is 0 Å². The first kappa shape index (κ1) is 49.6. The summed E-state index contributed by atoms with van der Waals surface area (Å²) in [6.07, 6.45) is 0. The van der Waals surface area contributed by atoms with Crippen LogP contribution < -0.4 is 51.9 Å². The number of hydrogen-bond donors (Lipinski definition) is 0. The molecule has 73 heavy (non-hydrogen) atoms. The SMILES string of the molecule is CO[Si](O[Si](O[Si](OC)(c1ccccc1)c1ccccc1)(c1ccccc1)c1ccccc1)(O[Si](O[Si](c1ccccc1)(c1ccccc1)c1ccccc1)(c1ccccc1)c1ccccc1)c1ccccc1. The van der Waals surface area contributed by atoms with Crippen molar-refractivity contribution in [2.75, 3.05) is 14.2 Å². The Morgan fingerprint density at radius 1 is 0.192 bits per heavy atom. The zero-order valence-corrected chi connectivity index (χ0v) is 45.8. The molecule has 10 aromatic rings. The lowest BCUT2D eigenvalue weighted by Gasteiger charge is -2.48. The first-order valence-electron chi connectivity index (χ1n) is 24.5. The van der Waals surface area contributed by atoms with Crippen molar-refractivity contribution in [3.8, 4) is 0 Å². The number of rotatable bonds is 20. The summed E-state index contributed by atoms with van der Waals surface area (Å²) < 4.78 is 48.4. The maximum atomic E-state index is 8.71. The molecule has 1 unspecified atom stereocenters. The van der Waals surface area contributed by atoms with Gasteiger partial charge in [0.1, 0.15) is 0 Å². The molecule has 0 saturated carbocycles. The van der Waals surface area contributed by atoms with Crippen molar-refractivity contribution in [3.63, 3.8) is 0 Å². The first-order chi connectivity index (χ1) is 36.0. The van der Waals surface area contributed by atoms with Crippen LogP contribution in [0.25, 0.3) is 0 Å². The zero-order chi connectivity index (χ0) is 49.9. The Labute approximate surface area is 434 Å². The van der Waals surface area contributed by atoms with Gasteiger partial charge in [-0.2, -0.15) is 0 Å². The molecule has 0 saturated heterocycles. The van der Waals surface area contributed by atoms with E-state index >= 15 is 0 Å². The molecule has 11 heteroatoms. The average Bonchev–Trinajstić information content (AvgIpc) is 3.49. The van der Waals surface area contributed by atoms with Gasteiger partial charge in [-0.15, -0.1) is 0 Å². The van der Waals surface area contributed by atoms with Crippen LogP contribution in [0, 0.1) is 0 Å². The second kappa shape index (κ2) is 22.4. The van der Waals surface area contributed by atoms with Crippen LogP contribution in [-0.2, 0) is 25.3 Å². The van der Waals surface area contributed by atoms with E-state index in [-0.39, 0.29) is 0 Å². The average molecular weight is 1040 g/mol. The van der Waals surface area contributed by atoms with Gasteiger partial charge in [0.25, 0.3) is 8.32 Å². The van der Waals surface area contributed by atoms with Crippen LogP contribution in [0.3, 0.4) is 0 Å². The molecule has 0 N–H and O–H groups in total. The standard InChI is InChI=1S/C62H56O6Si5/c1-63-70(56-39-19-6-20-40-56,57-41-21-7-22-42-57)66-72(60-47-27-10-28-48-60,61-49-29-11-30-50-61)68-73(64-2,62-51-31-12-32-52-62)67-71(58-43-23-8-24-44-58,59-45-25-9-26-46-59)65-69(53-33-13-3-14-34-53,54-35-15-4-16-36-54)55-37-17-5-18-38-55/h3-52H,1-2H3. The fourth-order valence-electron chi connectivity index (χ4n) is 9.83. The molecule has 0 fully saturated rings. The van der Waals surface area contributed by atoms with Crippen molar-refractivity contribution in [2.45, 2.75) is 0 Å². The first-order valence-corrected chi connectivity index (χ1v) is 33.5. The maximum Gasteiger partial charge on any atom is 0.519 e. The van der Waals surface area contributed by atoms with Crippen LogP contribution in [-0.4, -0.2) is 57.0 Å². The third-order valence-electron chi connectivity index (χ3n) is 13.3. The summed E-state index contributed by atoms with van der Waals surface area (Å²) in [7, 11) is -16.9. The second-order valence-electron chi connectivity index (χ2n) is 17.6. The van der Waals surface area contributed by atoms with E-state index in [2.05, 4.69) is 200 Å². The van der Waals surface area contributed by atoms with E-state index in [1.165, 1.54) is 0 Å². The van der Waals surface area contributed by atoms with Gasteiger partial charge in [-0.3, -0.25) is 0 Å². The quantitative estimate of drug-likeness (QED) is 0.0633. The van der Waals surface area contributed by atoms with E-state index in [1.807, 2.05) is 103 Å². The largest absolute Gasteiger partial charge is 0.519 e. The highest BCUT2D eigenvalue weighted by atomic mass is 28.5. The van der Waals surface area contributed by atoms with Gasteiger partial charge in [0.05, 0.1) is 0 Å². The van der Waals surface area contributed by atoms with E-state index in [9.17, 15) is 0 Å². The fourth-order valence-corrected chi connectivity index (χ4v) is 35.0. The highest BCUT2D eigenvalue weighted by Crippen LogP contribution is 2.29. The van der Waals surface area contributed by atoms with E-state index in [4.69, 9.17) is 25.3 Å². The van der Waals surface area contributed by atoms with Gasteiger partial charge >= 0.3 is 34.5 Å². The molecule has 10 aromatic carbocycles. The summed E-state index contributed by atoms with van der Waals surface area (Å²) in [6.45, 7) is 0. The molecule has 0 bridgehead atoms. The lowest BCUT2D eigenvalue weighted by Crippen LogP contribution is -2.83.